The van der Waals surface area contributed by atoms with Crippen molar-refractivity contribution in [2.45, 2.75) is 32.7 Å². The second-order valence-electron chi connectivity index (χ2n) is 4.26. The second kappa shape index (κ2) is 4.58. The van der Waals surface area contributed by atoms with Gasteiger partial charge in [0.1, 0.15) is 5.72 Å². The van der Waals surface area contributed by atoms with Gasteiger partial charge in [0.05, 0.1) is 0 Å². The fraction of sp³-hybridized carbons (Fsp3) is 0.889. The van der Waals surface area contributed by atoms with E-state index in [1.54, 1.807) is 13.8 Å². The molecule has 0 rings (SSSR count). The van der Waals surface area contributed by atoms with Gasteiger partial charge in [-0.25, -0.2) is 0 Å². The first-order chi connectivity index (χ1) is 6.96. The number of carbonyl (C=O) groups is 1. The molecule has 96 valence electrons. The molecule has 0 saturated carbocycles. The molecule has 0 spiro atoms. The van der Waals surface area contributed by atoms with Crippen molar-refractivity contribution in [2.24, 2.45) is 11.1 Å². The summed E-state index contributed by atoms with van der Waals surface area (Å²) in [6.07, 6.45) is -4.70. The highest BCUT2D eigenvalue weighted by Gasteiger charge is 2.55. The Hall–Kier alpha value is -0.820. The smallest absolute Gasteiger partial charge is 0.369 e. The molecule has 0 aromatic rings. The largest absolute Gasteiger partial charge is 0.404 e. The summed E-state index contributed by atoms with van der Waals surface area (Å²) in [6, 6.07) is 0. The van der Waals surface area contributed by atoms with Gasteiger partial charge in [0.2, 0.25) is 5.91 Å². The number of carbonyl (C=O) groups excluding carboxylic acids is 1. The van der Waals surface area contributed by atoms with Crippen molar-refractivity contribution in [1.82, 2.24) is 5.32 Å². The van der Waals surface area contributed by atoms with Gasteiger partial charge in [0.25, 0.3) is 0 Å². The lowest BCUT2D eigenvalue weighted by atomic mass is 9.88. The first-order valence-corrected chi connectivity index (χ1v) is 4.63. The first-order valence-electron chi connectivity index (χ1n) is 4.63. The molecule has 0 saturated heterocycles. The lowest BCUT2D eigenvalue weighted by molar-refractivity contribution is -0.216. The molecule has 1 unspecified atom stereocenters. The average Bonchev–Trinajstić information content (AvgIpc) is 2.12. The van der Waals surface area contributed by atoms with E-state index in [1.165, 1.54) is 7.11 Å². The number of ether oxygens (including phenoxy) is 1. The Kier molecular flexibility index (Phi) is 4.35. The number of primary amides is 1. The molecule has 1 amide bonds. The zero-order valence-corrected chi connectivity index (χ0v) is 9.73. The highest BCUT2D eigenvalue weighted by molar-refractivity contribution is 5.81. The van der Waals surface area contributed by atoms with E-state index < -0.39 is 29.8 Å². The zero-order chi connectivity index (χ0) is 13.2. The van der Waals surface area contributed by atoms with Crippen LogP contribution < -0.4 is 11.1 Å². The van der Waals surface area contributed by atoms with Gasteiger partial charge in [-0.3, -0.25) is 10.1 Å². The van der Waals surface area contributed by atoms with Crippen LogP contribution in [0.15, 0.2) is 0 Å². The van der Waals surface area contributed by atoms with E-state index in [0.717, 1.165) is 6.92 Å². The van der Waals surface area contributed by atoms with Crippen LogP contribution in [0.2, 0.25) is 0 Å². The Morgan fingerprint density at radius 1 is 1.31 bits per heavy atom. The number of hydrogen-bond acceptors (Lipinski definition) is 3. The Labute approximate surface area is 92.3 Å². The first kappa shape index (κ1) is 15.2. The molecule has 16 heavy (non-hydrogen) atoms. The standard InChI is InChI=1S/C9H17F3N2O2/c1-7(2,16-4)14-5-8(3,6(13)15)9(10,11)12/h14H,5H2,1-4H3,(H2,13,15). The van der Waals surface area contributed by atoms with Gasteiger partial charge in [0, 0.05) is 13.7 Å². The molecule has 0 radical (unpaired) electrons. The third kappa shape index (κ3) is 3.34. The lowest BCUT2D eigenvalue weighted by Crippen LogP contribution is -2.56. The number of nitrogens with one attached hydrogen (secondary N) is 1. The van der Waals surface area contributed by atoms with Crippen molar-refractivity contribution in [2.75, 3.05) is 13.7 Å². The van der Waals surface area contributed by atoms with Crippen LogP contribution in [0.25, 0.3) is 0 Å². The summed E-state index contributed by atoms with van der Waals surface area (Å²) >= 11 is 0. The summed E-state index contributed by atoms with van der Waals surface area (Å²) in [6.45, 7) is 3.22. The molecule has 7 heteroatoms. The van der Waals surface area contributed by atoms with E-state index in [0.29, 0.717) is 0 Å². The van der Waals surface area contributed by atoms with Gasteiger partial charge in [0.15, 0.2) is 5.41 Å². The van der Waals surface area contributed by atoms with E-state index in [-0.39, 0.29) is 0 Å². The average molecular weight is 242 g/mol. The summed E-state index contributed by atoms with van der Waals surface area (Å²) in [5, 5.41) is 2.49. The highest BCUT2D eigenvalue weighted by atomic mass is 19.4. The molecule has 0 heterocycles. The zero-order valence-electron chi connectivity index (χ0n) is 9.73. The van der Waals surface area contributed by atoms with Crippen LogP contribution in [0.1, 0.15) is 20.8 Å². The molecule has 0 aliphatic rings. The van der Waals surface area contributed by atoms with E-state index >= 15 is 0 Å². The maximum absolute atomic E-state index is 12.7. The predicted octanol–water partition coefficient (Wildman–Crippen LogP) is 1.01. The number of halogens is 3. The van der Waals surface area contributed by atoms with Crippen molar-refractivity contribution in [3.63, 3.8) is 0 Å². The van der Waals surface area contributed by atoms with Crippen molar-refractivity contribution in [3.8, 4) is 0 Å². The maximum Gasteiger partial charge on any atom is 0.404 e. The van der Waals surface area contributed by atoms with E-state index in [1.807, 2.05) is 0 Å². The number of nitrogens with two attached hydrogens (primary N) is 1. The van der Waals surface area contributed by atoms with Crippen LogP contribution in [0, 0.1) is 5.41 Å². The maximum atomic E-state index is 12.7. The van der Waals surface area contributed by atoms with Crippen LogP contribution in [-0.4, -0.2) is 31.5 Å². The minimum absolute atomic E-state index is 0.632. The Morgan fingerprint density at radius 2 is 1.75 bits per heavy atom. The van der Waals surface area contributed by atoms with Crippen molar-refractivity contribution < 1.29 is 22.7 Å². The number of hydrogen-bond donors (Lipinski definition) is 2. The van der Waals surface area contributed by atoms with Crippen LogP contribution in [0.5, 0.6) is 0 Å². The molecule has 0 fully saturated rings. The molecule has 0 aromatic heterocycles. The molecule has 0 bridgehead atoms. The van der Waals surface area contributed by atoms with Crippen molar-refractivity contribution in [3.05, 3.63) is 0 Å². The minimum Gasteiger partial charge on any atom is -0.369 e. The number of rotatable bonds is 5. The Morgan fingerprint density at radius 3 is 2.00 bits per heavy atom. The molecule has 3 N–H and O–H groups in total. The molecule has 4 nitrogen and oxygen atoms in total. The summed E-state index contributed by atoms with van der Waals surface area (Å²) in [5.74, 6) is -1.42. The van der Waals surface area contributed by atoms with Gasteiger partial charge in [-0.05, 0) is 20.8 Å². The quantitative estimate of drug-likeness (QED) is 0.707. The lowest BCUT2D eigenvalue weighted by Gasteiger charge is -2.33. The molecule has 0 aromatic carbocycles. The summed E-state index contributed by atoms with van der Waals surface area (Å²) in [5.41, 5.74) is 1.22. The molecule has 1 atom stereocenters. The van der Waals surface area contributed by atoms with Gasteiger partial charge >= 0.3 is 6.18 Å². The summed E-state index contributed by atoms with van der Waals surface area (Å²) in [7, 11) is 1.35. The SMILES string of the molecule is COC(C)(C)NCC(C)(C(N)=O)C(F)(F)F. The fourth-order valence-electron chi connectivity index (χ4n) is 0.789. The summed E-state index contributed by atoms with van der Waals surface area (Å²) in [4.78, 5) is 10.9. The molecular weight excluding hydrogens is 225 g/mol. The molecule has 0 aliphatic heterocycles. The Balaban J connectivity index is 4.80. The van der Waals surface area contributed by atoms with Gasteiger partial charge < -0.3 is 10.5 Å². The highest BCUT2D eigenvalue weighted by Crippen LogP contribution is 2.37. The Bertz CT molecular complexity index is 266. The number of alkyl halides is 3. The number of amides is 1. The van der Waals surface area contributed by atoms with E-state index in [4.69, 9.17) is 10.5 Å². The fourth-order valence-corrected chi connectivity index (χ4v) is 0.789. The second-order valence-corrected chi connectivity index (χ2v) is 4.26. The normalized spacial score (nSPS) is 16.9. The topological polar surface area (TPSA) is 64.3 Å². The van der Waals surface area contributed by atoms with Crippen LogP contribution in [0.4, 0.5) is 13.2 Å². The van der Waals surface area contributed by atoms with Crippen molar-refractivity contribution >= 4 is 5.91 Å². The van der Waals surface area contributed by atoms with Crippen LogP contribution >= 0.6 is 0 Å². The third-order valence-electron chi connectivity index (χ3n) is 2.55. The molecule has 0 aliphatic carbocycles. The van der Waals surface area contributed by atoms with Gasteiger partial charge in [-0.1, -0.05) is 0 Å². The molecular formula is C9H17F3N2O2. The van der Waals surface area contributed by atoms with E-state index in [9.17, 15) is 18.0 Å². The van der Waals surface area contributed by atoms with Crippen LogP contribution in [0.3, 0.4) is 0 Å². The number of methoxy groups -OCH3 is 1. The minimum atomic E-state index is -4.70. The van der Waals surface area contributed by atoms with Crippen molar-refractivity contribution in [1.29, 1.82) is 0 Å². The van der Waals surface area contributed by atoms with Gasteiger partial charge in [-0.2, -0.15) is 13.2 Å². The summed E-state index contributed by atoms with van der Waals surface area (Å²) < 4.78 is 42.9. The van der Waals surface area contributed by atoms with E-state index in [2.05, 4.69) is 5.32 Å². The third-order valence-corrected chi connectivity index (χ3v) is 2.55. The monoisotopic (exact) mass is 242 g/mol. The predicted molar refractivity (Wildman–Crippen MR) is 52.4 cm³/mol. The van der Waals surface area contributed by atoms with Gasteiger partial charge in [-0.15, -0.1) is 0 Å². The van der Waals surface area contributed by atoms with Crippen LogP contribution in [-0.2, 0) is 9.53 Å².